The van der Waals surface area contributed by atoms with Crippen LogP contribution >= 0.6 is 0 Å². The fraction of sp³-hybridized carbons (Fsp3) is 0.500. The van der Waals surface area contributed by atoms with Gasteiger partial charge in [-0.15, -0.1) is 0 Å². The largest absolute Gasteiger partial charge is 0.381 e. The molecule has 0 aliphatic carbocycles. The van der Waals surface area contributed by atoms with Gasteiger partial charge in [-0.2, -0.15) is 4.39 Å². The molecule has 17 heavy (non-hydrogen) atoms. The van der Waals surface area contributed by atoms with Crippen LogP contribution in [0.3, 0.4) is 0 Å². The molecule has 1 atom stereocenters. The van der Waals surface area contributed by atoms with Gasteiger partial charge < -0.3 is 10.2 Å². The van der Waals surface area contributed by atoms with Crippen molar-refractivity contribution >= 4 is 11.6 Å². The molecule has 1 fully saturated rings. The number of halogens is 1. The second-order valence-electron chi connectivity index (χ2n) is 4.42. The van der Waals surface area contributed by atoms with E-state index in [4.69, 9.17) is 0 Å². The molecule has 0 unspecified atom stereocenters. The summed E-state index contributed by atoms with van der Waals surface area (Å²) in [7, 11) is 1.79. The SMILES string of the molecule is Cc1ccc(NC[C@@H]2CCN(C)C2=O)c(F)n1. The number of carbonyl (C=O) groups excluding carboxylic acids is 1. The minimum atomic E-state index is -0.510. The van der Waals surface area contributed by atoms with Gasteiger partial charge in [0.15, 0.2) is 0 Å². The van der Waals surface area contributed by atoms with E-state index in [1.807, 2.05) is 0 Å². The van der Waals surface area contributed by atoms with Crippen LogP contribution in [-0.4, -0.2) is 35.9 Å². The molecule has 1 aliphatic heterocycles. The summed E-state index contributed by atoms with van der Waals surface area (Å²) in [5.41, 5.74) is 1.00. The molecule has 1 amide bonds. The van der Waals surface area contributed by atoms with Crippen LogP contribution in [0.1, 0.15) is 12.1 Å². The zero-order valence-corrected chi connectivity index (χ0v) is 10.0. The molecule has 1 aliphatic rings. The second-order valence-corrected chi connectivity index (χ2v) is 4.42. The van der Waals surface area contributed by atoms with Crippen LogP contribution in [0.2, 0.25) is 0 Å². The van der Waals surface area contributed by atoms with Crippen molar-refractivity contribution in [2.75, 3.05) is 25.5 Å². The third kappa shape index (κ3) is 2.54. The molecule has 0 saturated carbocycles. The topological polar surface area (TPSA) is 45.2 Å². The summed E-state index contributed by atoms with van der Waals surface area (Å²) >= 11 is 0. The summed E-state index contributed by atoms with van der Waals surface area (Å²) < 4.78 is 13.4. The normalized spacial score (nSPS) is 19.8. The maximum Gasteiger partial charge on any atom is 0.236 e. The highest BCUT2D eigenvalue weighted by atomic mass is 19.1. The lowest BCUT2D eigenvalue weighted by Crippen LogP contribution is -2.26. The first-order valence-corrected chi connectivity index (χ1v) is 5.70. The lowest BCUT2D eigenvalue weighted by Gasteiger charge is -2.12. The Labute approximate surface area is 99.8 Å². The Morgan fingerprint density at radius 1 is 1.59 bits per heavy atom. The first-order chi connectivity index (χ1) is 8.08. The van der Waals surface area contributed by atoms with Crippen LogP contribution in [0.25, 0.3) is 0 Å². The Hall–Kier alpha value is -1.65. The number of nitrogens with one attached hydrogen (secondary N) is 1. The van der Waals surface area contributed by atoms with Crippen molar-refractivity contribution in [3.63, 3.8) is 0 Å². The van der Waals surface area contributed by atoms with Gasteiger partial charge in [0.1, 0.15) is 0 Å². The number of aromatic nitrogens is 1. The smallest absolute Gasteiger partial charge is 0.236 e. The summed E-state index contributed by atoms with van der Waals surface area (Å²) in [5.74, 6) is -0.442. The van der Waals surface area contributed by atoms with Crippen LogP contribution in [0.5, 0.6) is 0 Å². The first kappa shape index (κ1) is 11.8. The third-order valence-corrected chi connectivity index (χ3v) is 3.07. The fourth-order valence-electron chi connectivity index (χ4n) is 1.97. The summed E-state index contributed by atoms with van der Waals surface area (Å²) in [6.07, 6.45) is 0.823. The number of anilines is 1. The van der Waals surface area contributed by atoms with Crippen LogP contribution < -0.4 is 5.32 Å². The number of likely N-dealkylation sites (tertiary alicyclic amines) is 1. The molecule has 4 nitrogen and oxygen atoms in total. The minimum absolute atomic E-state index is 0.0549. The van der Waals surface area contributed by atoms with Crippen LogP contribution in [0, 0.1) is 18.8 Å². The number of hydrogen-bond donors (Lipinski definition) is 1. The van der Waals surface area contributed by atoms with E-state index in [-0.39, 0.29) is 11.8 Å². The van der Waals surface area contributed by atoms with Crippen LogP contribution in [-0.2, 0) is 4.79 Å². The Morgan fingerprint density at radius 3 is 2.94 bits per heavy atom. The Bertz CT molecular complexity index is 436. The predicted octanol–water partition coefficient (Wildman–Crippen LogP) is 1.42. The monoisotopic (exact) mass is 237 g/mol. The first-order valence-electron chi connectivity index (χ1n) is 5.70. The van der Waals surface area contributed by atoms with E-state index >= 15 is 0 Å². The molecule has 5 heteroatoms. The van der Waals surface area contributed by atoms with Crippen molar-refractivity contribution in [2.45, 2.75) is 13.3 Å². The van der Waals surface area contributed by atoms with E-state index in [0.717, 1.165) is 13.0 Å². The van der Waals surface area contributed by atoms with E-state index in [1.54, 1.807) is 31.0 Å². The minimum Gasteiger partial charge on any atom is -0.381 e. The number of nitrogens with zero attached hydrogens (tertiary/aromatic N) is 2. The highest BCUT2D eigenvalue weighted by molar-refractivity contribution is 5.81. The Morgan fingerprint density at radius 2 is 2.35 bits per heavy atom. The summed E-state index contributed by atoms with van der Waals surface area (Å²) in [6.45, 7) is 2.98. The molecule has 1 saturated heterocycles. The number of rotatable bonds is 3. The van der Waals surface area contributed by atoms with Gasteiger partial charge in [-0.3, -0.25) is 4.79 Å². The maximum atomic E-state index is 13.4. The molecule has 92 valence electrons. The molecule has 1 aromatic heterocycles. The van der Waals surface area contributed by atoms with E-state index in [0.29, 0.717) is 17.9 Å². The van der Waals surface area contributed by atoms with Gasteiger partial charge >= 0.3 is 0 Å². The zero-order valence-electron chi connectivity index (χ0n) is 10.0. The lowest BCUT2D eigenvalue weighted by molar-refractivity contribution is -0.129. The Kier molecular flexibility index (Phi) is 3.26. The van der Waals surface area contributed by atoms with Gasteiger partial charge in [-0.25, -0.2) is 4.98 Å². The van der Waals surface area contributed by atoms with E-state index in [1.165, 1.54) is 0 Å². The molecular formula is C12H16FN3O. The average molecular weight is 237 g/mol. The molecule has 0 radical (unpaired) electrons. The summed E-state index contributed by atoms with van der Waals surface area (Å²) in [4.78, 5) is 17.1. The van der Waals surface area contributed by atoms with Gasteiger partial charge in [0, 0.05) is 25.8 Å². The zero-order chi connectivity index (χ0) is 12.4. The summed E-state index contributed by atoms with van der Waals surface area (Å²) in [5, 5.41) is 2.95. The summed E-state index contributed by atoms with van der Waals surface area (Å²) in [6, 6.07) is 3.40. The van der Waals surface area contributed by atoms with Crippen molar-refractivity contribution in [3.8, 4) is 0 Å². The molecule has 2 heterocycles. The van der Waals surface area contributed by atoms with Crippen LogP contribution in [0.15, 0.2) is 12.1 Å². The number of amides is 1. The van der Waals surface area contributed by atoms with Crippen molar-refractivity contribution in [2.24, 2.45) is 5.92 Å². The quantitative estimate of drug-likeness (QED) is 0.809. The predicted molar refractivity (Wildman–Crippen MR) is 63.2 cm³/mol. The molecule has 1 N–H and O–H groups in total. The standard InChI is InChI=1S/C12H16FN3O/c1-8-3-4-10(11(13)15-8)14-7-9-5-6-16(2)12(9)17/h3-4,9,14H,5-7H2,1-2H3/t9-/m0/s1. The average Bonchev–Trinajstić information content (AvgIpc) is 2.59. The van der Waals surface area contributed by atoms with Gasteiger partial charge in [0.25, 0.3) is 0 Å². The molecule has 1 aromatic rings. The number of aryl methyl sites for hydroxylation is 1. The fourth-order valence-corrected chi connectivity index (χ4v) is 1.97. The molecule has 0 aromatic carbocycles. The highest BCUT2D eigenvalue weighted by Gasteiger charge is 2.28. The number of pyridine rings is 1. The van der Waals surface area contributed by atoms with Crippen molar-refractivity contribution in [3.05, 3.63) is 23.8 Å². The van der Waals surface area contributed by atoms with E-state index < -0.39 is 5.95 Å². The lowest BCUT2D eigenvalue weighted by atomic mass is 10.1. The van der Waals surface area contributed by atoms with Gasteiger partial charge in [-0.1, -0.05) is 0 Å². The molecule has 2 rings (SSSR count). The third-order valence-electron chi connectivity index (χ3n) is 3.07. The van der Waals surface area contributed by atoms with E-state index in [9.17, 15) is 9.18 Å². The Balaban J connectivity index is 1.96. The maximum absolute atomic E-state index is 13.4. The van der Waals surface area contributed by atoms with Crippen molar-refractivity contribution in [1.82, 2.24) is 9.88 Å². The van der Waals surface area contributed by atoms with Crippen molar-refractivity contribution in [1.29, 1.82) is 0 Å². The number of hydrogen-bond acceptors (Lipinski definition) is 3. The molecule has 0 spiro atoms. The second kappa shape index (κ2) is 4.69. The van der Waals surface area contributed by atoms with Crippen LogP contribution in [0.4, 0.5) is 10.1 Å². The van der Waals surface area contributed by atoms with Gasteiger partial charge in [-0.05, 0) is 25.5 Å². The number of carbonyl (C=O) groups is 1. The highest BCUT2D eigenvalue weighted by Crippen LogP contribution is 2.18. The van der Waals surface area contributed by atoms with Gasteiger partial charge in [0.05, 0.1) is 11.6 Å². The molecule has 0 bridgehead atoms. The van der Waals surface area contributed by atoms with E-state index in [2.05, 4.69) is 10.3 Å². The molecular weight excluding hydrogens is 221 g/mol. The van der Waals surface area contributed by atoms with Gasteiger partial charge in [0.2, 0.25) is 11.9 Å². The van der Waals surface area contributed by atoms with Crippen molar-refractivity contribution < 1.29 is 9.18 Å².